The van der Waals surface area contributed by atoms with Gasteiger partial charge in [-0.2, -0.15) is 18.2 Å². The van der Waals surface area contributed by atoms with Crippen LogP contribution in [0.5, 0.6) is 11.5 Å². The van der Waals surface area contributed by atoms with Gasteiger partial charge in [0, 0.05) is 11.5 Å². The number of rotatable bonds is 4. The Morgan fingerprint density at radius 1 is 0.741 bits per heavy atom. The number of benzene rings is 3. The fourth-order valence-corrected chi connectivity index (χ4v) is 2.71. The van der Waals surface area contributed by atoms with Gasteiger partial charge in [0.05, 0.1) is 0 Å². The molecule has 0 aliphatic carbocycles. The normalized spacial score (nSPS) is 10.1. The van der Waals surface area contributed by atoms with Crippen molar-refractivity contribution in [3.8, 4) is 34.0 Å². The third-order valence-corrected chi connectivity index (χ3v) is 4.02. The SMILES string of the molecule is Cc1ccc(Oc2[c-]cccc2)[c-]c1-c1cccc(-c2[c-]cccc2)n1.[Au+3]. The number of para-hydroxylation sites is 1. The first-order valence-electron chi connectivity index (χ1n) is 8.41. The van der Waals surface area contributed by atoms with Crippen molar-refractivity contribution in [2.75, 3.05) is 0 Å². The van der Waals surface area contributed by atoms with E-state index in [1.54, 1.807) is 0 Å². The smallest absolute Gasteiger partial charge is 0.503 e. The Balaban J connectivity index is 0.00000210. The molecule has 0 radical (unpaired) electrons. The first-order valence-corrected chi connectivity index (χ1v) is 8.41. The number of nitrogens with zero attached hydrogens (tertiary/aromatic N) is 1. The van der Waals surface area contributed by atoms with Crippen LogP contribution >= 0.6 is 0 Å². The van der Waals surface area contributed by atoms with E-state index >= 15 is 0 Å². The van der Waals surface area contributed by atoms with E-state index in [9.17, 15) is 0 Å². The topological polar surface area (TPSA) is 22.1 Å². The van der Waals surface area contributed by atoms with Crippen LogP contribution in [0.4, 0.5) is 0 Å². The largest absolute Gasteiger partial charge is 3.00 e. The van der Waals surface area contributed by atoms with E-state index in [2.05, 4.69) is 18.2 Å². The van der Waals surface area contributed by atoms with Gasteiger partial charge in [0.1, 0.15) is 0 Å². The number of aromatic nitrogens is 1. The monoisotopic (exact) mass is 531 g/mol. The molecule has 0 atom stereocenters. The molecule has 3 aromatic carbocycles. The van der Waals surface area contributed by atoms with Crippen molar-refractivity contribution in [2.24, 2.45) is 0 Å². The summed E-state index contributed by atoms with van der Waals surface area (Å²) in [5.74, 6) is 1.31. The summed E-state index contributed by atoms with van der Waals surface area (Å²) < 4.78 is 5.87. The van der Waals surface area contributed by atoms with Crippen molar-refractivity contribution in [1.29, 1.82) is 0 Å². The van der Waals surface area contributed by atoms with E-state index in [1.807, 2.05) is 85.8 Å². The van der Waals surface area contributed by atoms with Gasteiger partial charge in [0.25, 0.3) is 0 Å². The van der Waals surface area contributed by atoms with Crippen molar-refractivity contribution in [3.05, 3.63) is 103 Å². The van der Waals surface area contributed by atoms with Crippen LogP contribution in [0.2, 0.25) is 0 Å². The number of pyridine rings is 1. The van der Waals surface area contributed by atoms with Crippen LogP contribution in [-0.4, -0.2) is 4.98 Å². The third kappa shape index (κ3) is 4.55. The molecule has 0 spiro atoms. The molecule has 0 fully saturated rings. The van der Waals surface area contributed by atoms with E-state index < -0.39 is 0 Å². The summed E-state index contributed by atoms with van der Waals surface area (Å²) in [4.78, 5) is 4.80. The molecule has 0 N–H and O–H groups in total. The molecule has 0 bridgehead atoms. The van der Waals surface area contributed by atoms with Crippen molar-refractivity contribution < 1.29 is 27.1 Å². The van der Waals surface area contributed by atoms with E-state index in [1.165, 1.54) is 0 Å². The van der Waals surface area contributed by atoms with Crippen molar-refractivity contribution >= 4 is 0 Å². The van der Waals surface area contributed by atoms with Gasteiger partial charge in [-0.05, 0) is 11.4 Å². The summed E-state index contributed by atoms with van der Waals surface area (Å²) in [7, 11) is 0. The number of aryl methyl sites for hydroxylation is 1. The van der Waals surface area contributed by atoms with E-state index in [0.29, 0.717) is 11.5 Å². The average Bonchev–Trinajstić information content (AvgIpc) is 2.71. The zero-order valence-electron chi connectivity index (χ0n) is 14.7. The van der Waals surface area contributed by atoms with Gasteiger partial charge >= 0.3 is 22.4 Å². The minimum atomic E-state index is 0. The summed E-state index contributed by atoms with van der Waals surface area (Å²) in [5, 5.41) is 0. The quantitative estimate of drug-likeness (QED) is 0.241. The van der Waals surface area contributed by atoms with Crippen LogP contribution in [0.25, 0.3) is 22.5 Å². The molecule has 1 heterocycles. The Morgan fingerprint density at radius 3 is 2.26 bits per heavy atom. The Kier molecular flexibility index (Phi) is 6.25. The van der Waals surface area contributed by atoms with E-state index in [0.717, 1.165) is 28.1 Å². The molecule has 0 aliphatic heterocycles. The van der Waals surface area contributed by atoms with Gasteiger partial charge in [0.15, 0.2) is 0 Å². The van der Waals surface area contributed by atoms with Crippen LogP contribution < -0.4 is 4.74 Å². The predicted molar refractivity (Wildman–Crippen MR) is 103 cm³/mol. The summed E-state index contributed by atoms with van der Waals surface area (Å²) >= 11 is 0. The average molecular weight is 531 g/mol. The van der Waals surface area contributed by atoms with Gasteiger partial charge in [0.2, 0.25) is 0 Å². The predicted octanol–water partition coefficient (Wildman–Crippen LogP) is 5.91. The van der Waals surface area contributed by atoms with Gasteiger partial charge in [-0.1, -0.05) is 31.2 Å². The van der Waals surface area contributed by atoms with E-state index in [-0.39, 0.29) is 22.4 Å². The number of ether oxygens (including phenoxy) is 1. The Labute approximate surface area is 175 Å². The second kappa shape index (κ2) is 8.83. The van der Waals surface area contributed by atoms with Crippen molar-refractivity contribution in [2.45, 2.75) is 6.92 Å². The molecule has 27 heavy (non-hydrogen) atoms. The van der Waals surface area contributed by atoms with Crippen LogP contribution in [0.1, 0.15) is 5.56 Å². The third-order valence-electron chi connectivity index (χ3n) is 4.02. The standard InChI is InChI=1S/C24H16NO.Au/c1-18-15-16-21(26-20-11-6-3-7-12-20)17-22(18)24-14-8-13-23(25-24)19-9-4-2-5-10-19;/h2-9,11,13-16H,1H3;/q-3;+3. The Morgan fingerprint density at radius 2 is 1.52 bits per heavy atom. The van der Waals surface area contributed by atoms with Crippen LogP contribution in [0.15, 0.2) is 78.9 Å². The maximum atomic E-state index is 5.87. The zero-order valence-corrected chi connectivity index (χ0v) is 16.8. The molecule has 0 saturated heterocycles. The molecule has 2 nitrogen and oxygen atoms in total. The molecule has 0 saturated carbocycles. The van der Waals surface area contributed by atoms with Crippen LogP contribution in [-0.2, 0) is 22.4 Å². The molecule has 1 aromatic heterocycles. The van der Waals surface area contributed by atoms with Gasteiger partial charge in [-0.25, -0.2) is 0 Å². The molecule has 0 amide bonds. The molecule has 0 aliphatic rings. The first-order chi connectivity index (χ1) is 12.8. The van der Waals surface area contributed by atoms with Crippen molar-refractivity contribution in [3.63, 3.8) is 0 Å². The van der Waals surface area contributed by atoms with Crippen LogP contribution in [0, 0.1) is 25.1 Å². The van der Waals surface area contributed by atoms with Gasteiger partial charge in [-0.3, -0.25) is 0 Å². The van der Waals surface area contributed by atoms with Gasteiger partial charge < -0.3 is 9.72 Å². The second-order valence-electron chi connectivity index (χ2n) is 5.89. The molecule has 4 aromatic rings. The van der Waals surface area contributed by atoms with Crippen molar-refractivity contribution in [1.82, 2.24) is 4.98 Å². The molecular formula is C24H16AuNO. The number of hydrogen-bond donors (Lipinski definition) is 0. The van der Waals surface area contributed by atoms with Crippen LogP contribution in [0.3, 0.4) is 0 Å². The molecule has 134 valence electrons. The summed E-state index contributed by atoms with van der Waals surface area (Å²) in [6.45, 7) is 2.05. The summed E-state index contributed by atoms with van der Waals surface area (Å²) in [6.07, 6.45) is 0. The van der Waals surface area contributed by atoms with E-state index in [4.69, 9.17) is 9.72 Å². The zero-order chi connectivity index (χ0) is 17.8. The fraction of sp³-hybridized carbons (Fsp3) is 0.0417. The maximum Gasteiger partial charge on any atom is 3.00 e. The first kappa shape index (κ1) is 19.1. The summed E-state index contributed by atoms with van der Waals surface area (Å²) in [6, 6.07) is 34.9. The molecule has 4 rings (SSSR count). The summed E-state index contributed by atoms with van der Waals surface area (Å²) in [5.41, 5.74) is 4.74. The maximum absolute atomic E-state index is 5.87. The Hall–Kier alpha value is -2.65. The Bertz CT molecular complexity index is 1020. The number of hydrogen-bond acceptors (Lipinski definition) is 2. The van der Waals surface area contributed by atoms with Gasteiger partial charge in [-0.15, -0.1) is 71.3 Å². The molecule has 0 unspecified atom stereocenters. The second-order valence-corrected chi connectivity index (χ2v) is 5.89. The minimum Gasteiger partial charge on any atom is -0.503 e. The minimum absolute atomic E-state index is 0. The molecule has 3 heteroatoms. The fourth-order valence-electron chi connectivity index (χ4n) is 2.71. The molecular weight excluding hydrogens is 515 g/mol.